The number of aromatic nitrogens is 2. The number of ether oxygens (including phenoxy) is 1. The van der Waals surface area contributed by atoms with E-state index in [1.807, 2.05) is 6.92 Å². The molecule has 0 radical (unpaired) electrons. The van der Waals surface area contributed by atoms with E-state index >= 15 is 0 Å². The zero-order valence-corrected chi connectivity index (χ0v) is 14.3. The molecule has 1 aliphatic rings. The summed E-state index contributed by atoms with van der Waals surface area (Å²) >= 11 is 0. The summed E-state index contributed by atoms with van der Waals surface area (Å²) in [4.78, 5) is 9.75. The highest BCUT2D eigenvalue weighted by atomic mass is 16.5. The quantitative estimate of drug-likeness (QED) is 0.924. The van der Waals surface area contributed by atoms with E-state index < -0.39 is 0 Å². The molecule has 118 valence electrons. The Hall–Kier alpha value is -1.00. The van der Waals surface area contributed by atoms with Gasteiger partial charge in [-0.05, 0) is 36.8 Å². The summed E-state index contributed by atoms with van der Waals surface area (Å²) in [6.45, 7) is 15.5. The summed E-state index contributed by atoms with van der Waals surface area (Å²) in [5, 5.41) is 3.41. The number of fused-ring (bicyclic) bond motifs is 1. The monoisotopic (exact) mass is 291 g/mol. The van der Waals surface area contributed by atoms with Crippen LogP contribution in [0.25, 0.3) is 0 Å². The smallest absolute Gasteiger partial charge is 0.158 e. The molecule has 0 amide bonds. The predicted octanol–water partition coefficient (Wildman–Crippen LogP) is 3.37. The second kappa shape index (κ2) is 6.41. The van der Waals surface area contributed by atoms with Crippen LogP contribution in [0.2, 0.25) is 0 Å². The lowest BCUT2D eigenvalue weighted by atomic mass is 9.87. The van der Waals surface area contributed by atoms with Crippen molar-refractivity contribution in [1.29, 1.82) is 0 Å². The minimum absolute atomic E-state index is 0.0133. The van der Waals surface area contributed by atoms with Gasteiger partial charge in [0.2, 0.25) is 0 Å². The molecule has 0 saturated heterocycles. The summed E-state index contributed by atoms with van der Waals surface area (Å²) in [5.74, 6) is 1.26. The normalized spacial score (nSPS) is 16.9. The lowest BCUT2D eigenvalue weighted by Crippen LogP contribution is -2.30. The van der Waals surface area contributed by atoms with E-state index in [1.165, 1.54) is 11.3 Å². The number of hydrogen-bond acceptors (Lipinski definition) is 4. The molecular formula is C17H29N3O. The number of nitrogens with one attached hydrogen (secondary N) is 1. The van der Waals surface area contributed by atoms with Crippen molar-refractivity contribution in [2.45, 2.75) is 66.5 Å². The van der Waals surface area contributed by atoms with Gasteiger partial charge in [-0.1, -0.05) is 34.6 Å². The topological polar surface area (TPSA) is 47.0 Å². The SMILES string of the molecule is CCOC(c1nc2c(c(C(C)C)n1)CCNC2)C(C)(C)C. The van der Waals surface area contributed by atoms with Gasteiger partial charge in [-0.2, -0.15) is 0 Å². The minimum atomic E-state index is -0.0628. The standard InChI is InChI=1S/C17H29N3O/c1-7-21-15(17(4,5)6)16-19-13-10-18-9-8-12(13)14(20-16)11(2)3/h11,15,18H,7-10H2,1-6H3. The maximum atomic E-state index is 5.97. The van der Waals surface area contributed by atoms with E-state index in [1.54, 1.807) is 0 Å². The average molecular weight is 291 g/mol. The third-order valence-electron chi connectivity index (χ3n) is 3.89. The van der Waals surface area contributed by atoms with E-state index in [9.17, 15) is 0 Å². The zero-order valence-electron chi connectivity index (χ0n) is 14.3. The van der Waals surface area contributed by atoms with Crippen molar-refractivity contribution in [2.75, 3.05) is 13.2 Å². The summed E-state index contributed by atoms with van der Waals surface area (Å²) in [6.07, 6.45) is 0.963. The van der Waals surface area contributed by atoms with Crippen molar-refractivity contribution in [3.05, 3.63) is 22.8 Å². The highest BCUT2D eigenvalue weighted by Gasteiger charge is 2.31. The van der Waals surface area contributed by atoms with Gasteiger partial charge < -0.3 is 10.1 Å². The third kappa shape index (κ3) is 3.61. The zero-order chi connectivity index (χ0) is 15.6. The Labute approximate surface area is 128 Å². The molecule has 1 aromatic rings. The Kier molecular flexibility index (Phi) is 4.99. The molecule has 0 fully saturated rings. The summed E-state index contributed by atoms with van der Waals surface area (Å²) < 4.78 is 5.97. The van der Waals surface area contributed by atoms with Crippen LogP contribution in [0.5, 0.6) is 0 Å². The van der Waals surface area contributed by atoms with Crippen molar-refractivity contribution in [2.24, 2.45) is 5.41 Å². The van der Waals surface area contributed by atoms with E-state index in [0.29, 0.717) is 12.5 Å². The first-order valence-corrected chi connectivity index (χ1v) is 8.06. The molecule has 0 saturated carbocycles. The van der Waals surface area contributed by atoms with Crippen LogP contribution in [0.1, 0.15) is 76.3 Å². The first kappa shape index (κ1) is 16.4. The molecule has 2 rings (SSSR count). The van der Waals surface area contributed by atoms with Gasteiger partial charge in [-0.25, -0.2) is 9.97 Å². The highest BCUT2D eigenvalue weighted by molar-refractivity contribution is 5.31. The summed E-state index contributed by atoms with van der Waals surface area (Å²) in [7, 11) is 0. The maximum Gasteiger partial charge on any atom is 0.158 e. The van der Waals surface area contributed by atoms with Crippen LogP contribution in [0.3, 0.4) is 0 Å². The molecule has 1 N–H and O–H groups in total. The van der Waals surface area contributed by atoms with Gasteiger partial charge in [0.15, 0.2) is 5.82 Å². The Morgan fingerprint density at radius 2 is 1.95 bits per heavy atom. The Morgan fingerprint density at radius 1 is 1.24 bits per heavy atom. The van der Waals surface area contributed by atoms with Crippen LogP contribution in [-0.4, -0.2) is 23.1 Å². The molecule has 0 spiro atoms. The van der Waals surface area contributed by atoms with E-state index in [0.717, 1.165) is 31.0 Å². The van der Waals surface area contributed by atoms with Crippen LogP contribution >= 0.6 is 0 Å². The summed E-state index contributed by atoms with van der Waals surface area (Å²) in [6, 6.07) is 0. The van der Waals surface area contributed by atoms with Crippen LogP contribution in [-0.2, 0) is 17.7 Å². The van der Waals surface area contributed by atoms with Gasteiger partial charge in [0.05, 0.1) is 11.4 Å². The van der Waals surface area contributed by atoms with Crippen molar-refractivity contribution in [1.82, 2.24) is 15.3 Å². The van der Waals surface area contributed by atoms with Crippen molar-refractivity contribution < 1.29 is 4.74 Å². The molecule has 1 aliphatic heterocycles. The second-order valence-electron chi connectivity index (χ2n) is 7.18. The molecule has 0 bridgehead atoms. The molecular weight excluding hydrogens is 262 g/mol. The summed E-state index contributed by atoms with van der Waals surface area (Å²) in [5.41, 5.74) is 3.69. The van der Waals surface area contributed by atoms with Gasteiger partial charge in [-0.3, -0.25) is 0 Å². The Morgan fingerprint density at radius 3 is 2.52 bits per heavy atom. The molecule has 2 heterocycles. The van der Waals surface area contributed by atoms with Crippen molar-refractivity contribution in [3.8, 4) is 0 Å². The molecule has 4 heteroatoms. The molecule has 1 unspecified atom stereocenters. The molecule has 21 heavy (non-hydrogen) atoms. The van der Waals surface area contributed by atoms with Crippen LogP contribution in [0, 0.1) is 5.41 Å². The second-order valence-corrected chi connectivity index (χ2v) is 7.18. The van der Waals surface area contributed by atoms with Gasteiger partial charge in [-0.15, -0.1) is 0 Å². The first-order valence-electron chi connectivity index (χ1n) is 8.06. The molecule has 0 aromatic carbocycles. The lowest BCUT2D eigenvalue weighted by molar-refractivity contribution is -0.0194. The van der Waals surface area contributed by atoms with Crippen LogP contribution in [0.15, 0.2) is 0 Å². The molecule has 4 nitrogen and oxygen atoms in total. The number of hydrogen-bond donors (Lipinski definition) is 1. The average Bonchev–Trinajstić information content (AvgIpc) is 2.42. The number of rotatable bonds is 4. The predicted molar refractivity (Wildman–Crippen MR) is 85.4 cm³/mol. The minimum Gasteiger partial charge on any atom is -0.370 e. The Balaban J connectivity index is 2.50. The lowest BCUT2D eigenvalue weighted by Gasteiger charge is -2.31. The van der Waals surface area contributed by atoms with Crippen molar-refractivity contribution >= 4 is 0 Å². The molecule has 1 aromatic heterocycles. The fraction of sp³-hybridized carbons (Fsp3) is 0.765. The first-order chi connectivity index (χ1) is 9.84. The van der Waals surface area contributed by atoms with Crippen LogP contribution < -0.4 is 5.32 Å². The van der Waals surface area contributed by atoms with Crippen molar-refractivity contribution in [3.63, 3.8) is 0 Å². The number of nitrogens with zero attached hydrogens (tertiary/aromatic N) is 2. The third-order valence-corrected chi connectivity index (χ3v) is 3.89. The fourth-order valence-electron chi connectivity index (χ4n) is 2.88. The van der Waals surface area contributed by atoms with E-state index in [-0.39, 0.29) is 11.5 Å². The fourth-order valence-corrected chi connectivity index (χ4v) is 2.88. The van der Waals surface area contributed by atoms with E-state index in [2.05, 4.69) is 39.9 Å². The highest BCUT2D eigenvalue weighted by Crippen LogP contribution is 2.35. The van der Waals surface area contributed by atoms with Gasteiger partial charge >= 0.3 is 0 Å². The van der Waals surface area contributed by atoms with Gasteiger partial charge in [0.1, 0.15) is 6.10 Å². The van der Waals surface area contributed by atoms with Crippen LogP contribution in [0.4, 0.5) is 0 Å². The maximum absolute atomic E-state index is 5.97. The van der Waals surface area contributed by atoms with Gasteiger partial charge in [0, 0.05) is 13.2 Å². The largest absolute Gasteiger partial charge is 0.370 e. The molecule has 0 aliphatic carbocycles. The Bertz CT molecular complexity index is 492. The van der Waals surface area contributed by atoms with E-state index in [4.69, 9.17) is 14.7 Å². The molecule has 1 atom stereocenters. The van der Waals surface area contributed by atoms with Gasteiger partial charge in [0.25, 0.3) is 0 Å².